The standard InChI is InChI=1S/C13H21NO2/c1-5-7-13-8-6-9-14(13)10(12(2,3)4)16-11(13)15/h5,10H,1,6-9H2,2-4H3/t10-,13+/m1/s1. The Labute approximate surface area is 97.5 Å². The monoisotopic (exact) mass is 223 g/mol. The third-order valence-corrected chi connectivity index (χ3v) is 3.64. The molecular weight excluding hydrogens is 202 g/mol. The third kappa shape index (κ3) is 1.49. The van der Waals surface area contributed by atoms with Gasteiger partial charge in [0, 0.05) is 12.0 Å². The largest absolute Gasteiger partial charge is 0.444 e. The summed E-state index contributed by atoms with van der Waals surface area (Å²) in [6.07, 6.45) is 4.45. The van der Waals surface area contributed by atoms with Crippen LogP contribution in [0.5, 0.6) is 0 Å². The smallest absolute Gasteiger partial charge is 0.328 e. The predicted octanol–water partition coefficient (Wildman–Crippen LogP) is 2.33. The van der Waals surface area contributed by atoms with Crippen LogP contribution in [0, 0.1) is 5.41 Å². The van der Waals surface area contributed by atoms with Crippen LogP contribution in [0.15, 0.2) is 12.7 Å². The zero-order valence-electron chi connectivity index (χ0n) is 10.5. The summed E-state index contributed by atoms with van der Waals surface area (Å²) in [7, 11) is 0. The summed E-state index contributed by atoms with van der Waals surface area (Å²) in [5.74, 6) is -0.0511. The van der Waals surface area contributed by atoms with Gasteiger partial charge in [0.15, 0.2) is 6.23 Å². The van der Waals surface area contributed by atoms with E-state index in [0.29, 0.717) is 6.42 Å². The van der Waals surface area contributed by atoms with Gasteiger partial charge in [-0.25, -0.2) is 4.79 Å². The molecule has 2 rings (SSSR count). The van der Waals surface area contributed by atoms with Crippen molar-refractivity contribution in [3.8, 4) is 0 Å². The first kappa shape index (κ1) is 11.6. The fraction of sp³-hybridized carbons (Fsp3) is 0.769. The average molecular weight is 223 g/mol. The lowest BCUT2D eigenvalue weighted by atomic mass is 9.90. The van der Waals surface area contributed by atoms with Gasteiger partial charge in [0.1, 0.15) is 5.54 Å². The first-order chi connectivity index (χ1) is 7.42. The summed E-state index contributed by atoms with van der Waals surface area (Å²) >= 11 is 0. The summed E-state index contributed by atoms with van der Waals surface area (Å²) in [6.45, 7) is 11.1. The van der Waals surface area contributed by atoms with Gasteiger partial charge in [-0.15, -0.1) is 6.58 Å². The topological polar surface area (TPSA) is 29.5 Å². The van der Waals surface area contributed by atoms with E-state index in [2.05, 4.69) is 32.3 Å². The van der Waals surface area contributed by atoms with Gasteiger partial charge in [-0.05, 0) is 19.3 Å². The summed E-state index contributed by atoms with van der Waals surface area (Å²) in [5.41, 5.74) is -0.428. The summed E-state index contributed by atoms with van der Waals surface area (Å²) in [6, 6.07) is 0. The lowest BCUT2D eigenvalue weighted by molar-refractivity contribution is -0.149. The van der Waals surface area contributed by atoms with Crippen LogP contribution in [0.3, 0.4) is 0 Å². The molecule has 2 aliphatic heterocycles. The van der Waals surface area contributed by atoms with Gasteiger partial charge in [0.05, 0.1) is 0 Å². The lowest BCUT2D eigenvalue weighted by Crippen LogP contribution is -2.48. The minimum atomic E-state index is -0.403. The van der Waals surface area contributed by atoms with E-state index in [9.17, 15) is 4.79 Å². The molecular formula is C13H21NO2. The third-order valence-electron chi connectivity index (χ3n) is 3.64. The SMILES string of the molecule is C=CC[C@@]12CCCN1[C@@H](C(C)(C)C)OC2=O. The number of hydrogen-bond acceptors (Lipinski definition) is 3. The molecule has 0 N–H and O–H groups in total. The molecule has 0 radical (unpaired) electrons. The molecule has 2 aliphatic rings. The van der Waals surface area contributed by atoms with Gasteiger partial charge in [0.25, 0.3) is 0 Å². The molecule has 2 fully saturated rings. The molecule has 0 aromatic carbocycles. The Kier molecular flexibility index (Phi) is 2.61. The van der Waals surface area contributed by atoms with Crippen molar-refractivity contribution in [2.24, 2.45) is 5.41 Å². The molecule has 90 valence electrons. The predicted molar refractivity (Wildman–Crippen MR) is 62.8 cm³/mol. The molecule has 2 heterocycles. The van der Waals surface area contributed by atoms with Crippen molar-refractivity contribution < 1.29 is 9.53 Å². The fourth-order valence-electron chi connectivity index (χ4n) is 2.92. The molecule has 16 heavy (non-hydrogen) atoms. The van der Waals surface area contributed by atoms with E-state index < -0.39 is 5.54 Å². The van der Waals surface area contributed by atoms with Crippen molar-refractivity contribution in [1.29, 1.82) is 0 Å². The summed E-state index contributed by atoms with van der Waals surface area (Å²) in [4.78, 5) is 14.4. The van der Waals surface area contributed by atoms with Crippen LogP contribution in [0.2, 0.25) is 0 Å². The highest BCUT2D eigenvalue weighted by Crippen LogP contribution is 2.45. The Morgan fingerprint density at radius 2 is 2.31 bits per heavy atom. The Morgan fingerprint density at radius 3 is 2.88 bits per heavy atom. The van der Waals surface area contributed by atoms with Crippen LogP contribution in [0.1, 0.15) is 40.0 Å². The van der Waals surface area contributed by atoms with E-state index in [0.717, 1.165) is 19.4 Å². The maximum Gasteiger partial charge on any atom is 0.328 e. The molecule has 0 saturated carbocycles. The molecule has 0 amide bonds. The van der Waals surface area contributed by atoms with Crippen LogP contribution in [0.25, 0.3) is 0 Å². The van der Waals surface area contributed by atoms with Crippen LogP contribution in [-0.2, 0) is 9.53 Å². The quantitative estimate of drug-likeness (QED) is 0.531. The van der Waals surface area contributed by atoms with E-state index in [-0.39, 0.29) is 17.6 Å². The van der Waals surface area contributed by atoms with Crippen molar-refractivity contribution >= 4 is 5.97 Å². The van der Waals surface area contributed by atoms with Gasteiger partial charge in [-0.2, -0.15) is 0 Å². The molecule has 0 aromatic rings. The van der Waals surface area contributed by atoms with E-state index in [1.54, 1.807) is 0 Å². The normalized spacial score (nSPS) is 34.9. The van der Waals surface area contributed by atoms with E-state index in [1.165, 1.54) is 0 Å². The number of carbonyl (C=O) groups is 1. The van der Waals surface area contributed by atoms with Gasteiger partial charge in [0.2, 0.25) is 0 Å². The molecule has 3 nitrogen and oxygen atoms in total. The van der Waals surface area contributed by atoms with Gasteiger partial charge >= 0.3 is 5.97 Å². The van der Waals surface area contributed by atoms with E-state index >= 15 is 0 Å². The highest BCUT2D eigenvalue weighted by molar-refractivity contribution is 5.83. The van der Waals surface area contributed by atoms with Crippen LogP contribution < -0.4 is 0 Å². The second-order valence-electron chi connectivity index (χ2n) is 5.95. The first-order valence-corrected chi connectivity index (χ1v) is 6.00. The van der Waals surface area contributed by atoms with E-state index in [1.807, 2.05) is 6.08 Å². The highest BCUT2D eigenvalue weighted by Gasteiger charge is 2.59. The van der Waals surface area contributed by atoms with Crippen LogP contribution >= 0.6 is 0 Å². The van der Waals surface area contributed by atoms with Gasteiger partial charge in [-0.1, -0.05) is 26.8 Å². The Balaban J connectivity index is 2.32. The van der Waals surface area contributed by atoms with Crippen molar-refractivity contribution in [2.45, 2.75) is 51.8 Å². The molecule has 0 aliphatic carbocycles. The Hall–Kier alpha value is -0.830. The van der Waals surface area contributed by atoms with Crippen LogP contribution in [0.4, 0.5) is 0 Å². The number of fused-ring (bicyclic) bond motifs is 1. The minimum absolute atomic E-state index is 0.0249. The molecule has 0 unspecified atom stereocenters. The van der Waals surface area contributed by atoms with Crippen molar-refractivity contribution in [3.05, 3.63) is 12.7 Å². The average Bonchev–Trinajstić information content (AvgIpc) is 2.66. The second kappa shape index (κ2) is 3.59. The molecule has 3 heteroatoms. The molecule has 0 spiro atoms. The summed E-state index contributed by atoms with van der Waals surface area (Å²) < 4.78 is 5.59. The molecule has 2 atom stereocenters. The lowest BCUT2D eigenvalue weighted by Gasteiger charge is -2.35. The number of hydrogen-bond donors (Lipinski definition) is 0. The first-order valence-electron chi connectivity index (χ1n) is 6.00. The van der Waals surface area contributed by atoms with E-state index in [4.69, 9.17) is 4.74 Å². The number of rotatable bonds is 2. The van der Waals surface area contributed by atoms with Crippen LogP contribution in [-0.4, -0.2) is 29.2 Å². The van der Waals surface area contributed by atoms with Gasteiger partial charge in [-0.3, -0.25) is 4.90 Å². The minimum Gasteiger partial charge on any atom is -0.444 e. The second-order valence-corrected chi connectivity index (χ2v) is 5.95. The number of esters is 1. The zero-order valence-corrected chi connectivity index (χ0v) is 10.5. The highest BCUT2D eigenvalue weighted by atomic mass is 16.6. The Bertz CT molecular complexity index is 318. The van der Waals surface area contributed by atoms with Crippen molar-refractivity contribution in [3.63, 3.8) is 0 Å². The number of ether oxygens (including phenoxy) is 1. The van der Waals surface area contributed by atoms with Gasteiger partial charge < -0.3 is 4.74 Å². The van der Waals surface area contributed by atoms with Crippen molar-refractivity contribution in [2.75, 3.05) is 6.54 Å². The molecule has 0 aromatic heterocycles. The molecule has 0 bridgehead atoms. The summed E-state index contributed by atoms with van der Waals surface area (Å²) in [5, 5.41) is 0. The number of cyclic esters (lactones) is 1. The zero-order chi connectivity index (χ0) is 12.0. The Morgan fingerprint density at radius 1 is 1.62 bits per heavy atom. The maximum atomic E-state index is 12.1. The van der Waals surface area contributed by atoms with Crippen molar-refractivity contribution in [1.82, 2.24) is 4.90 Å². The number of nitrogens with zero attached hydrogens (tertiary/aromatic N) is 1. The maximum absolute atomic E-state index is 12.1. The fourth-order valence-corrected chi connectivity index (χ4v) is 2.92. The number of carbonyl (C=O) groups excluding carboxylic acids is 1. The molecule has 2 saturated heterocycles.